The van der Waals surface area contributed by atoms with Gasteiger partial charge in [-0.25, -0.2) is 4.98 Å². The number of carbonyl (C=O) groups is 2. The van der Waals surface area contributed by atoms with E-state index in [9.17, 15) is 9.59 Å². The van der Waals surface area contributed by atoms with Crippen molar-refractivity contribution in [2.45, 2.75) is 43.5 Å². The summed E-state index contributed by atoms with van der Waals surface area (Å²) in [4.78, 5) is 27.9. The highest BCUT2D eigenvalue weighted by molar-refractivity contribution is 8.00. The average molecular weight is 353 g/mol. The van der Waals surface area contributed by atoms with Gasteiger partial charge >= 0.3 is 0 Å². The minimum atomic E-state index is -0.564. The third kappa shape index (κ3) is 4.32. The zero-order valence-corrected chi connectivity index (χ0v) is 15.0. The van der Waals surface area contributed by atoms with Crippen LogP contribution in [0.25, 0.3) is 0 Å². The maximum Gasteiger partial charge on any atom is 0.251 e. The monoisotopic (exact) mass is 353 g/mol. The van der Waals surface area contributed by atoms with Crippen LogP contribution in [0.3, 0.4) is 0 Å². The molecular weight excluding hydrogens is 334 g/mol. The van der Waals surface area contributed by atoms with E-state index in [0.717, 1.165) is 5.82 Å². The standard InChI is InChI=1S/C14H19N5O2S2/c1-7(23-13-17-12(18-19-13)14(2,3)4)10(21)16-11-8(9(15)20)5-6-22-11/h5-7H,1-4H3,(H2,15,20)(H,16,21)(H,17,18,19)/t7-/m1/s1. The summed E-state index contributed by atoms with van der Waals surface area (Å²) in [6.07, 6.45) is 0. The molecule has 23 heavy (non-hydrogen) atoms. The van der Waals surface area contributed by atoms with Gasteiger partial charge in [0, 0.05) is 5.41 Å². The van der Waals surface area contributed by atoms with Crippen molar-refractivity contribution in [3.05, 3.63) is 22.8 Å². The van der Waals surface area contributed by atoms with Crippen LogP contribution in [0.15, 0.2) is 16.6 Å². The number of hydrogen-bond donors (Lipinski definition) is 3. The first-order valence-electron chi connectivity index (χ1n) is 6.96. The first-order valence-corrected chi connectivity index (χ1v) is 8.72. The summed E-state index contributed by atoms with van der Waals surface area (Å²) in [5.74, 6) is -0.0328. The lowest BCUT2D eigenvalue weighted by molar-refractivity contribution is -0.115. The van der Waals surface area contributed by atoms with Crippen molar-refractivity contribution in [2.24, 2.45) is 5.73 Å². The van der Waals surface area contributed by atoms with Crippen LogP contribution in [0.5, 0.6) is 0 Å². The molecule has 1 atom stereocenters. The maximum absolute atomic E-state index is 12.3. The van der Waals surface area contributed by atoms with Crippen molar-refractivity contribution in [2.75, 3.05) is 5.32 Å². The molecule has 124 valence electrons. The third-order valence-electron chi connectivity index (χ3n) is 2.99. The van der Waals surface area contributed by atoms with Crippen LogP contribution in [0.2, 0.25) is 0 Å². The summed E-state index contributed by atoms with van der Waals surface area (Å²) in [6.45, 7) is 7.84. The molecule has 0 aliphatic heterocycles. The lowest BCUT2D eigenvalue weighted by Gasteiger charge is -2.13. The number of aromatic amines is 1. The molecule has 0 aliphatic carbocycles. The highest BCUT2D eigenvalue weighted by Gasteiger charge is 2.22. The van der Waals surface area contributed by atoms with E-state index in [1.807, 2.05) is 20.8 Å². The predicted octanol–water partition coefficient (Wildman–Crippen LogP) is 2.38. The summed E-state index contributed by atoms with van der Waals surface area (Å²) < 4.78 is 0. The van der Waals surface area contributed by atoms with Gasteiger partial charge in [-0.15, -0.1) is 16.4 Å². The van der Waals surface area contributed by atoms with Gasteiger partial charge in [-0.3, -0.25) is 14.7 Å². The Morgan fingerprint density at radius 3 is 2.70 bits per heavy atom. The fourth-order valence-corrected chi connectivity index (χ4v) is 3.18. The minimum Gasteiger partial charge on any atom is -0.366 e. The van der Waals surface area contributed by atoms with Gasteiger partial charge in [-0.2, -0.15) is 0 Å². The number of H-pyrrole nitrogens is 1. The number of primary amides is 1. The topological polar surface area (TPSA) is 114 Å². The first-order chi connectivity index (χ1) is 10.7. The molecule has 0 saturated carbocycles. The van der Waals surface area contributed by atoms with Gasteiger partial charge in [-0.1, -0.05) is 32.5 Å². The largest absolute Gasteiger partial charge is 0.366 e. The molecule has 0 saturated heterocycles. The van der Waals surface area contributed by atoms with Gasteiger partial charge in [0.15, 0.2) is 0 Å². The molecule has 2 amide bonds. The smallest absolute Gasteiger partial charge is 0.251 e. The lowest BCUT2D eigenvalue weighted by atomic mass is 9.96. The number of nitrogens with two attached hydrogens (primary N) is 1. The number of amides is 2. The van der Waals surface area contributed by atoms with E-state index in [0.29, 0.717) is 15.7 Å². The number of anilines is 1. The second-order valence-corrected chi connectivity index (χ2v) is 8.22. The number of rotatable bonds is 5. The van der Waals surface area contributed by atoms with Crippen molar-refractivity contribution < 1.29 is 9.59 Å². The molecule has 9 heteroatoms. The van der Waals surface area contributed by atoms with E-state index in [1.54, 1.807) is 18.4 Å². The van der Waals surface area contributed by atoms with Crippen molar-refractivity contribution in [1.29, 1.82) is 0 Å². The van der Waals surface area contributed by atoms with Crippen LogP contribution in [-0.4, -0.2) is 32.2 Å². The summed E-state index contributed by atoms with van der Waals surface area (Å²) in [5, 5.41) is 12.0. The zero-order chi connectivity index (χ0) is 17.2. The van der Waals surface area contributed by atoms with E-state index >= 15 is 0 Å². The quantitative estimate of drug-likeness (QED) is 0.714. The highest BCUT2D eigenvalue weighted by Crippen LogP contribution is 2.27. The van der Waals surface area contributed by atoms with Crippen LogP contribution in [0.1, 0.15) is 43.9 Å². The fraction of sp³-hybridized carbons (Fsp3) is 0.429. The lowest BCUT2D eigenvalue weighted by Crippen LogP contribution is -2.23. The predicted molar refractivity (Wildman–Crippen MR) is 91.9 cm³/mol. The summed E-state index contributed by atoms with van der Waals surface area (Å²) in [5.41, 5.74) is 5.44. The fourth-order valence-electron chi connectivity index (χ4n) is 1.66. The normalized spacial score (nSPS) is 12.9. The highest BCUT2D eigenvalue weighted by atomic mass is 32.2. The summed E-state index contributed by atoms with van der Waals surface area (Å²) >= 11 is 2.51. The average Bonchev–Trinajstić information content (AvgIpc) is 3.06. The Bertz CT molecular complexity index is 717. The molecule has 0 fully saturated rings. The number of aromatic nitrogens is 3. The molecule has 0 aliphatic rings. The van der Waals surface area contributed by atoms with E-state index in [-0.39, 0.29) is 11.3 Å². The van der Waals surface area contributed by atoms with Gasteiger partial charge in [0.05, 0.1) is 10.8 Å². The van der Waals surface area contributed by atoms with Gasteiger partial charge in [0.1, 0.15) is 10.8 Å². The molecular formula is C14H19N5O2S2. The molecule has 0 radical (unpaired) electrons. The van der Waals surface area contributed by atoms with Gasteiger partial charge in [0.2, 0.25) is 11.1 Å². The van der Waals surface area contributed by atoms with Crippen LogP contribution in [0, 0.1) is 0 Å². The molecule has 2 aromatic heterocycles. The van der Waals surface area contributed by atoms with Gasteiger partial charge < -0.3 is 11.1 Å². The van der Waals surface area contributed by atoms with Crippen LogP contribution in [-0.2, 0) is 10.2 Å². The van der Waals surface area contributed by atoms with E-state index in [2.05, 4.69) is 20.5 Å². The van der Waals surface area contributed by atoms with Crippen molar-refractivity contribution in [1.82, 2.24) is 15.2 Å². The Kier molecular flexibility index (Phi) is 5.10. The molecule has 0 aromatic carbocycles. The summed E-state index contributed by atoms with van der Waals surface area (Å²) in [6, 6.07) is 1.59. The second kappa shape index (κ2) is 6.71. The van der Waals surface area contributed by atoms with Crippen molar-refractivity contribution in [3.63, 3.8) is 0 Å². The number of carbonyl (C=O) groups excluding carboxylic acids is 2. The molecule has 2 rings (SSSR count). The molecule has 7 nitrogen and oxygen atoms in total. The van der Waals surface area contributed by atoms with Crippen LogP contribution in [0.4, 0.5) is 5.00 Å². The molecule has 4 N–H and O–H groups in total. The van der Waals surface area contributed by atoms with Crippen molar-refractivity contribution in [3.8, 4) is 0 Å². The SMILES string of the molecule is C[C@@H](Sc1n[nH]c(C(C)(C)C)n1)C(=O)Nc1sccc1C(N)=O. The second-order valence-electron chi connectivity index (χ2n) is 5.99. The Morgan fingerprint density at radius 2 is 2.13 bits per heavy atom. The van der Waals surface area contributed by atoms with E-state index in [4.69, 9.17) is 5.73 Å². The number of thioether (sulfide) groups is 1. The van der Waals surface area contributed by atoms with E-state index in [1.165, 1.54) is 23.1 Å². The maximum atomic E-state index is 12.3. The van der Waals surface area contributed by atoms with Crippen molar-refractivity contribution >= 4 is 39.9 Å². The third-order valence-corrected chi connectivity index (χ3v) is 4.78. The Balaban J connectivity index is 2.01. The Morgan fingerprint density at radius 1 is 1.43 bits per heavy atom. The molecule has 0 unspecified atom stereocenters. The minimum absolute atomic E-state index is 0.134. The Labute approximate surface area is 142 Å². The number of thiophene rings is 1. The van der Waals surface area contributed by atoms with Crippen LogP contribution >= 0.6 is 23.1 Å². The number of hydrogen-bond acceptors (Lipinski definition) is 6. The van der Waals surface area contributed by atoms with Gasteiger partial charge in [0.25, 0.3) is 5.91 Å². The molecule has 2 aromatic rings. The van der Waals surface area contributed by atoms with Crippen LogP contribution < -0.4 is 11.1 Å². The molecule has 0 bridgehead atoms. The molecule has 2 heterocycles. The Hall–Kier alpha value is -1.87. The summed E-state index contributed by atoms with van der Waals surface area (Å²) in [7, 11) is 0. The molecule has 0 spiro atoms. The number of nitrogens with zero attached hydrogens (tertiary/aromatic N) is 2. The van der Waals surface area contributed by atoms with E-state index < -0.39 is 11.2 Å². The first kappa shape index (κ1) is 17.5. The van der Waals surface area contributed by atoms with Gasteiger partial charge in [-0.05, 0) is 18.4 Å². The number of nitrogens with one attached hydrogen (secondary N) is 2. The zero-order valence-electron chi connectivity index (χ0n) is 13.3.